The third-order valence-corrected chi connectivity index (χ3v) is 5.76. The van der Waals surface area contributed by atoms with Gasteiger partial charge in [0.2, 0.25) is 11.9 Å². The van der Waals surface area contributed by atoms with Gasteiger partial charge in [-0.25, -0.2) is 9.97 Å². The number of anilines is 4. The van der Waals surface area contributed by atoms with Gasteiger partial charge < -0.3 is 20.7 Å². The van der Waals surface area contributed by atoms with E-state index in [0.29, 0.717) is 28.9 Å². The Balaban J connectivity index is 1.30. The van der Waals surface area contributed by atoms with E-state index in [-0.39, 0.29) is 12.3 Å². The number of fused-ring (bicyclic) bond motifs is 3. The number of benzene rings is 3. The summed E-state index contributed by atoms with van der Waals surface area (Å²) in [5.74, 6) is 1.17. The molecule has 34 heavy (non-hydrogen) atoms. The second-order valence-electron chi connectivity index (χ2n) is 7.89. The zero-order valence-corrected chi connectivity index (χ0v) is 19.2. The molecule has 3 N–H and O–H groups in total. The molecule has 0 bridgehead atoms. The molecule has 0 spiro atoms. The zero-order chi connectivity index (χ0) is 23.5. The second-order valence-corrected chi connectivity index (χ2v) is 8.32. The molecule has 5 rings (SSSR count). The van der Waals surface area contributed by atoms with Crippen molar-refractivity contribution < 1.29 is 9.53 Å². The molecular formula is C26H22ClN5O2. The lowest BCUT2D eigenvalue weighted by molar-refractivity contribution is -0.115. The molecule has 170 valence electrons. The number of carbonyl (C=O) groups excluding carboxylic acids is 1. The van der Waals surface area contributed by atoms with Crippen LogP contribution >= 0.6 is 11.6 Å². The molecule has 1 aromatic heterocycles. The monoisotopic (exact) mass is 471 g/mol. The number of hydrogen-bond acceptors (Lipinski definition) is 6. The maximum atomic E-state index is 12.3. The fourth-order valence-corrected chi connectivity index (χ4v) is 3.94. The van der Waals surface area contributed by atoms with E-state index in [0.717, 1.165) is 33.8 Å². The first-order chi connectivity index (χ1) is 16.6. The van der Waals surface area contributed by atoms with Crippen LogP contribution in [-0.2, 0) is 17.8 Å². The van der Waals surface area contributed by atoms with Crippen LogP contribution in [0.2, 0.25) is 5.02 Å². The highest BCUT2D eigenvalue weighted by Crippen LogP contribution is 2.35. The van der Waals surface area contributed by atoms with Gasteiger partial charge in [-0.2, -0.15) is 0 Å². The van der Waals surface area contributed by atoms with Gasteiger partial charge in [-0.15, -0.1) is 0 Å². The number of nitrogens with zero attached hydrogens (tertiary/aromatic N) is 2. The summed E-state index contributed by atoms with van der Waals surface area (Å²) in [6.07, 6.45) is 1.90. The molecule has 0 saturated carbocycles. The molecule has 0 fully saturated rings. The van der Waals surface area contributed by atoms with E-state index in [1.54, 1.807) is 25.4 Å². The Kier molecular flexibility index (Phi) is 6.01. The Morgan fingerprint density at radius 1 is 1.03 bits per heavy atom. The number of rotatable bonds is 6. The SMILES string of the molecule is COc1ccc(CNc2ccc(Nc3ncc4c(n3)-c3ccc(Cl)cc3NC(=O)C4)cc2)cc1. The zero-order valence-electron chi connectivity index (χ0n) is 18.4. The van der Waals surface area contributed by atoms with E-state index >= 15 is 0 Å². The Hall–Kier alpha value is -4.10. The van der Waals surface area contributed by atoms with Crippen molar-refractivity contribution in [3.8, 4) is 17.0 Å². The van der Waals surface area contributed by atoms with Crippen LogP contribution in [0, 0.1) is 0 Å². The lowest BCUT2D eigenvalue weighted by atomic mass is 10.1. The van der Waals surface area contributed by atoms with E-state index in [9.17, 15) is 4.79 Å². The van der Waals surface area contributed by atoms with Gasteiger partial charge in [0, 0.05) is 40.3 Å². The van der Waals surface area contributed by atoms with Gasteiger partial charge in [-0.3, -0.25) is 4.79 Å². The highest BCUT2D eigenvalue weighted by Gasteiger charge is 2.21. The number of nitrogens with one attached hydrogen (secondary N) is 3. The first-order valence-electron chi connectivity index (χ1n) is 10.8. The van der Waals surface area contributed by atoms with E-state index < -0.39 is 0 Å². The summed E-state index contributed by atoms with van der Waals surface area (Å²) in [7, 11) is 1.66. The maximum Gasteiger partial charge on any atom is 0.228 e. The molecule has 8 heteroatoms. The number of methoxy groups -OCH3 is 1. The molecule has 3 aromatic carbocycles. The van der Waals surface area contributed by atoms with Gasteiger partial charge in [0.05, 0.1) is 24.9 Å². The normalized spacial score (nSPS) is 12.1. The Morgan fingerprint density at radius 2 is 1.79 bits per heavy atom. The molecule has 4 aromatic rings. The van der Waals surface area contributed by atoms with E-state index in [1.807, 2.05) is 54.6 Å². The number of halogens is 1. The minimum atomic E-state index is -0.121. The molecule has 0 radical (unpaired) electrons. The van der Waals surface area contributed by atoms with Crippen molar-refractivity contribution in [2.75, 3.05) is 23.1 Å². The minimum Gasteiger partial charge on any atom is -0.497 e. The summed E-state index contributed by atoms with van der Waals surface area (Å²) >= 11 is 6.12. The molecule has 0 unspecified atom stereocenters. The molecule has 0 atom stereocenters. The first-order valence-corrected chi connectivity index (χ1v) is 11.1. The Bertz CT molecular complexity index is 1340. The fourth-order valence-electron chi connectivity index (χ4n) is 3.77. The van der Waals surface area contributed by atoms with E-state index in [2.05, 4.69) is 20.9 Å². The van der Waals surface area contributed by atoms with Gasteiger partial charge in [-0.05, 0) is 60.2 Å². The van der Waals surface area contributed by atoms with E-state index in [4.69, 9.17) is 21.3 Å². The Morgan fingerprint density at radius 3 is 2.56 bits per heavy atom. The van der Waals surface area contributed by atoms with Crippen molar-refractivity contribution in [1.29, 1.82) is 0 Å². The molecule has 0 saturated heterocycles. The fraction of sp³-hybridized carbons (Fsp3) is 0.115. The van der Waals surface area contributed by atoms with Gasteiger partial charge in [0.15, 0.2) is 0 Å². The second kappa shape index (κ2) is 9.41. The minimum absolute atomic E-state index is 0.121. The molecular weight excluding hydrogens is 450 g/mol. The number of ether oxygens (including phenoxy) is 1. The molecule has 1 aliphatic rings. The third-order valence-electron chi connectivity index (χ3n) is 5.52. The number of amides is 1. The topological polar surface area (TPSA) is 88.2 Å². The van der Waals surface area contributed by atoms with Crippen LogP contribution in [-0.4, -0.2) is 23.0 Å². The van der Waals surface area contributed by atoms with Gasteiger partial charge >= 0.3 is 0 Å². The Labute approximate surface area is 202 Å². The smallest absolute Gasteiger partial charge is 0.228 e. The van der Waals surface area contributed by atoms with Gasteiger partial charge in [0.1, 0.15) is 5.75 Å². The van der Waals surface area contributed by atoms with Crippen molar-refractivity contribution in [2.45, 2.75) is 13.0 Å². The van der Waals surface area contributed by atoms with Crippen molar-refractivity contribution >= 4 is 40.5 Å². The molecule has 2 heterocycles. The van der Waals surface area contributed by atoms with Crippen molar-refractivity contribution in [3.05, 3.63) is 89.1 Å². The van der Waals surface area contributed by atoms with Crippen LogP contribution in [0.3, 0.4) is 0 Å². The van der Waals surface area contributed by atoms with Crippen LogP contribution in [0.25, 0.3) is 11.3 Å². The summed E-state index contributed by atoms with van der Waals surface area (Å²) in [6, 6.07) is 21.3. The summed E-state index contributed by atoms with van der Waals surface area (Å²) in [6.45, 7) is 0.709. The highest BCUT2D eigenvalue weighted by molar-refractivity contribution is 6.31. The number of carbonyl (C=O) groups is 1. The van der Waals surface area contributed by atoms with Gasteiger partial charge in [0.25, 0.3) is 0 Å². The summed E-state index contributed by atoms with van der Waals surface area (Å²) in [5, 5.41) is 10.1. The lowest BCUT2D eigenvalue weighted by Gasteiger charge is -2.12. The highest BCUT2D eigenvalue weighted by atomic mass is 35.5. The molecule has 1 aliphatic heterocycles. The lowest BCUT2D eigenvalue weighted by Crippen LogP contribution is -2.12. The standard InChI is InChI=1S/C26H22ClN5O2/c1-34-21-9-2-16(3-10-21)14-28-19-5-7-20(8-6-19)30-26-29-15-17-12-24(33)31-23-13-18(27)4-11-22(23)25(17)32-26/h2-11,13,15,28H,12,14H2,1H3,(H,31,33)(H,29,30,32). The summed E-state index contributed by atoms with van der Waals surface area (Å²) < 4.78 is 5.20. The average Bonchev–Trinajstić information content (AvgIpc) is 2.98. The molecule has 0 aliphatic carbocycles. The van der Waals surface area contributed by atoms with Crippen molar-refractivity contribution in [3.63, 3.8) is 0 Å². The van der Waals surface area contributed by atoms with Crippen molar-refractivity contribution in [1.82, 2.24) is 9.97 Å². The predicted molar refractivity (Wildman–Crippen MR) is 135 cm³/mol. The first kappa shape index (κ1) is 21.7. The summed E-state index contributed by atoms with van der Waals surface area (Å²) in [5.41, 5.74) is 5.95. The quantitative estimate of drug-likeness (QED) is 0.336. The van der Waals surface area contributed by atoms with Crippen LogP contribution in [0.1, 0.15) is 11.1 Å². The van der Waals surface area contributed by atoms with Crippen LogP contribution in [0.15, 0.2) is 72.9 Å². The van der Waals surface area contributed by atoms with Crippen LogP contribution in [0.5, 0.6) is 5.75 Å². The number of aromatic nitrogens is 2. The summed E-state index contributed by atoms with van der Waals surface area (Å²) in [4.78, 5) is 21.4. The average molecular weight is 472 g/mol. The third kappa shape index (κ3) is 4.79. The van der Waals surface area contributed by atoms with Crippen molar-refractivity contribution in [2.24, 2.45) is 0 Å². The predicted octanol–water partition coefficient (Wildman–Crippen LogP) is 5.66. The molecule has 7 nitrogen and oxygen atoms in total. The van der Waals surface area contributed by atoms with Crippen LogP contribution < -0.4 is 20.7 Å². The largest absolute Gasteiger partial charge is 0.497 e. The van der Waals surface area contributed by atoms with E-state index in [1.165, 1.54) is 0 Å². The van der Waals surface area contributed by atoms with Crippen LogP contribution in [0.4, 0.5) is 23.0 Å². The molecule has 1 amide bonds. The maximum absolute atomic E-state index is 12.3. The van der Waals surface area contributed by atoms with Gasteiger partial charge in [-0.1, -0.05) is 23.7 Å². The number of hydrogen-bond donors (Lipinski definition) is 3.